The molecule has 1 spiro atoms. The van der Waals surface area contributed by atoms with E-state index >= 15 is 0 Å². The zero-order chi connectivity index (χ0) is 18.7. The molecule has 1 atom stereocenters. The first-order valence-electron chi connectivity index (χ1n) is 9.21. The molecule has 0 unspecified atom stereocenters. The molecule has 2 aliphatic heterocycles. The number of benzene rings is 1. The Labute approximate surface area is 163 Å². The molecule has 2 N–H and O–H groups in total. The molecule has 6 nitrogen and oxygen atoms in total. The molecule has 0 bridgehead atoms. The Morgan fingerprint density at radius 3 is 2.96 bits per heavy atom. The molecule has 1 amide bonds. The number of amidine groups is 1. The summed E-state index contributed by atoms with van der Waals surface area (Å²) in [5.41, 5.74) is 2.43. The molecule has 2 aliphatic rings. The number of fused-ring (bicyclic) bond motifs is 1. The van der Waals surface area contributed by atoms with Gasteiger partial charge < -0.3 is 20.3 Å². The number of ether oxygens (including phenoxy) is 1. The second kappa shape index (κ2) is 7.70. The fraction of sp³-hybridized carbons (Fsp3) is 0.400. The molecule has 1 aromatic carbocycles. The predicted molar refractivity (Wildman–Crippen MR) is 110 cm³/mol. The molecule has 142 valence electrons. The molecule has 2 aromatic rings. The van der Waals surface area contributed by atoms with Crippen LogP contribution in [-0.4, -0.2) is 55.5 Å². The highest BCUT2D eigenvalue weighted by Crippen LogP contribution is 2.36. The van der Waals surface area contributed by atoms with Crippen molar-refractivity contribution in [2.75, 3.05) is 44.0 Å². The number of para-hydroxylation sites is 2. The van der Waals surface area contributed by atoms with Gasteiger partial charge in [-0.2, -0.15) is 11.3 Å². The lowest BCUT2D eigenvalue weighted by atomic mass is 9.85. The maximum atomic E-state index is 12.9. The minimum Gasteiger partial charge on any atom is -0.383 e. The predicted octanol–water partition coefficient (Wildman–Crippen LogP) is 3.31. The quantitative estimate of drug-likeness (QED) is 0.794. The summed E-state index contributed by atoms with van der Waals surface area (Å²) in [5, 5.41) is 11.1. The molecular weight excluding hydrogens is 360 g/mol. The number of aliphatic imine (C=N–C) groups is 1. The maximum absolute atomic E-state index is 12.9. The number of methoxy groups -OCH3 is 1. The molecular formula is C20H24N4O2S. The average Bonchev–Trinajstić information content (AvgIpc) is 3.23. The van der Waals surface area contributed by atoms with E-state index in [-0.39, 0.29) is 5.91 Å². The lowest BCUT2D eigenvalue weighted by Crippen LogP contribution is -2.62. The van der Waals surface area contributed by atoms with Gasteiger partial charge in [-0.25, -0.2) is 0 Å². The van der Waals surface area contributed by atoms with Gasteiger partial charge in [-0.1, -0.05) is 12.1 Å². The van der Waals surface area contributed by atoms with Gasteiger partial charge >= 0.3 is 0 Å². The molecule has 4 rings (SSSR count). The summed E-state index contributed by atoms with van der Waals surface area (Å²) >= 11 is 1.55. The number of carbonyl (C=O) groups is 1. The Morgan fingerprint density at radius 1 is 1.33 bits per heavy atom. The summed E-state index contributed by atoms with van der Waals surface area (Å²) in [6, 6.07) is 10.0. The van der Waals surface area contributed by atoms with Gasteiger partial charge in [0.05, 0.1) is 36.6 Å². The van der Waals surface area contributed by atoms with Gasteiger partial charge in [0.15, 0.2) is 0 Å². The fourth-order valence-electron chi connectivity index (χ4n) is 3.80. The number of rotatable bonds is 4. The van der Waals surface area contributed by atoms with Crippen molar-refractivity contribution < 1.29 is 9.53 Å². The van der Waals surface area contributed by atoms with Crippen LogP contribution in [0.2, 0.25) is 0 Å². The molecule has 27 heavy (non-hydrogen) atoms. The Morgan fingerprint density at radius 2 is 2.19 bits per heavy atom. The molecule has 1 fully saturated rings. The van der Waals surface area contributed by atoms with Crippen LogP contribution < -0.4 is 10.6 Å². The third-order valence-electron chi connectivity index (χ3n) is 5.12. The lowest BCUT2D eigenvalue weighted by Gasteiger charge is -2.47. The van der Waals surface area contributed by atoms with Crippen LogP contribution in [0.3, 0.4) is 0 Å². The van der Waals surface area contributed by atoms with E-state index in [0.717, 1.165) is 42.2 Å². The first-order chi connectivity index (χ1) is 13.2. The van der Waals surface area contributed by atoms with Gasteiger partial charge in [0.1, 0.15) is 11.4 Å². The second-order valence-corrected chi connectivity index (χ2v) is 7.72. The van der Waals surface area contributed by atoms with Gasteiger partial charge in [-0.05, 0) is 36.4 Å². The monoisotopic (exact) mass is 384 g/mol. The average molecular weight is 385 g/mol. The van der Waals surface area contributed by atoms with Crippen molar-refractivity contribution >= 4 is 34.5 Å². The molecule has 0 radical (unpaired) electrons. The third kappa shape index (κ3) is 3.57. The van der Waals surface area contributed by atoms with E-state index < -0.39 is 5.54 Å². The van der Waals surface area contributed by atoms with Crippen molar-refractivity contribution in [3.63, 3.8) is 0 Å². The maximum Gasteiger partial charge on any atom is 0.254 e. The Bertz CT molecular complexity index is 836. The number of amides is 1. The highest BCUT2D eigenvalue weighted by Gasteiger charge is 2.44. The van der Waals surface area contributed by atoms with Crippen LogP contribution in [0, 0.1) is 0 Å². The summed E-state index contributed by atoms with van der Waals surface area (Å²) in [7, 11) is 1.68. The van der Waals surface area contributed by atoms with E-state index in [1.165, 1.54) is 0 Å². The van der Waals surface area contributed by atoms with E-state index in [9.17, 15) is 4.79 Å². The number of hydrogen-bond donors (Lipinski definition) is 2. The minimum absolute atomic E-state index is 0.0900. The van der Waals surface area contributed by atoms with E-state index in [1.54, 1.807) is 18.4 Å². The Balaban J connectivity index is 1.64. The van der Waals surface area contributed by atoms with Crippen molar-refractivity contribution in [1.82, 2.24) is 4.90 Å². The number of hydrogen-bond acceptors (Lipinski definition) is 5. The minimum atomic E-state index is -0.397. The van der Waals surface area contributed by atoms with Crippen LogP contribution in [0.25, 0.3) is 0 Å². The summed E-state index contributed by atoms with van der Waals surface area (Å²) in [6.45, 7) is 2.52. The van der Waals surface area contributed by atoms with Crippen molar-refractivity contribution in [1.29, 1.82) is 0 Å². The molecule has 1 aromatic heterocycles. The zero-order valence-electron chi connectivity index (χ0n) is 15.4. The Hall–Kier alpha value is -2.38. The number of piperidine rings is 1. The smallest absolute Gasteiger partial charge is 0.254 e. The fourth-order valence-corrected chi connectivity index (χ4v) is 4.43. The van der Waals surface area contributed by atoms with Crippen LogP contribution in [0.4, 0.5) is 11.4 Å². The third-order valence-corrected chi connectivity index (χ3v) is 5.80. The van der Waals surface area contributed by atoms with Gasteiger partial charge in [-0.15, -0.1) is 0 Å². The summed E-state index contributed by atoms with van der Waals surface area (Å²) in [4.78, 5) is 19.7. The van der Waals surface area contributed by atoms with Gasteiger partial charge in [0, 0.05) is 19.0 Å². The van der Waals surface area contributed by atoms with Crippen molar-refractivity contribution in [2.24, 2.45) is 4.99 Å². The van der Waals surface area contributed by atoms with Gasteiger partial charge in [0.25, 0.3) is 5.91 Å². The molecule has 0 saturated carbocycles. The summed E-state index contributed by atoms with van der Waals surface area (Å²) < 4.78 is 5.17. The van der Waals surface area contributed by atoms with E-state index in [1.807, 2.05) is 39.9 Å². The van der Waals surface area contributed by atoms with Crippen molar-refractivity contribution in [2.45, 2.75) is 18.4 Å². The van der Waals surface area contributed by atoms with Crippen LogP contribution in [0.15, 0.2) is 46.1 Å². The summed E-state index contributed by atoms with van der Waals surface area (Å²) in [6.07, 6.45) is 1.85. The van der Waals surface area contributed by atoms with Crippen molar-refractivity contribution in [3.8, 4) is 0 Å². The first kappa shape index (κ1) is 18.0. The number of likely N-dealkylation sites (tertiary alicyclic amines) is 1. The molecule has 0 aliphatic carbocycles. The van der Waals surface area contributed by atoms with Gasteiger partial charge in [0.2, 0.25) is 0 Å². The number of anilines is 2. The number of carbonyl (C=O) groups excluding carboxylic acids is 1. The largest absolute Gasteiger partial charge is 0.383 e. The van der Waals surface area contributed by atoms with E-state index in [2.05, 4.69) is 16.7 Å². The first-order valence-corrected chi connectivity index (χ1v) is 10.2. The highest BCUT2D eigenvalue weighted by molar-refractivity contribution is 7.08. The number of nitrogens with zero attached hydrogens (tertiary/aromatic N) is 2. The summed E-state index contributed by atoms with van der Waals surface area (Å²) in [5.74, 6) is 0.980. The normalized spacial score (nSPS) is 23.0. The van der Waals surface area contributed by atoms with Crippen LogP contribution in [-0.2, 0) is 4.74 Å². The van der Waals surface area contributed by atoms with E-state index in [4.69, 9.17) is 9.73 Å². The van der Waals surface area contributed by atoms with Gasteiger partial charge in [-0.3, -0.25) is 9.79 Å². The molecule has 3 heterocycles. The lowest BCUT2D eigenvalue weighted by molar-refractivity contribution is 0.0695. The SMILES string of the molecule is COCCN=C1Nc2ccccc2N[C@@]12CCCN(C(=O)c1ccsc1)C2. The van der Waals surface area contributed by atoms with Crippen molar-refractivity contribution in [3.05, 3.63) is 46.7 Å². The standard InChI is InChI=1S/C20H24N4O2S/c1-26-11-9-21-19-20(23-17-6-3-2-5-16(17)22-19)8-4-10-24(14-20)18(25)15-7-12-27-13-15/h2-3,5-7,12-13,23H,4,8-11,14H2,1H3,(H,21,22)/t20-/m1/s1. The zero-order valence-corrected chi connectivity index (χ0v) is 16.2. The molecule has 1 saturated heterocycles. The van der Waals surface area contributed by atoms with Crippen LogP contribution in [0.5, 0.6) is 0 Å². The highest BCUT2D eigenvalue weighted by atomic mass is 32.1. The van der Waals surface area contributed by atoms with E-state index in [0.29, 0.717) is 19.7 Å². The number of nitrogens with one attached hydrogen (secondary N) is 2. The Kier molecular flexibility index (Phi) is 5.13. The topological polar surface area (TPSA) is 66.0 Å². The number of thiophene rings is 1. The molecule has 7 heteroatoms. The second-order valence-electron chi connectivity index (χ2n) is 6.94. The van der Waals surface area contributed by atoms with Crippen LogP contribution >= 0.6 is 11.3 Å². The van der Waals surface area contributed by atoms with Crippen LogP contribution in [0.1, 0.15) is 23.2 Å².